The third-order valence-electron chi connectivity index (χ3n) is 2.74. The summed E-state index contributed by atoms with van der Waals surface area (Å²) >= 11 is 7.62. The number of anilines is 1. The van der Waals surface area contributed by atoms with Crippen LogP contribution in [0.1, 0.15) is 19.4 Å². The first kappa shape index (κ1) is 15.2. The molecule has 0 unspecified atom stereocenters. The molecule has 0 aliphatic rings. The van der Waals surface area contributed by atoms with Crippen LogP contribution in [0, 0.1) is 0 Å². The number of carbonyl (C=O) groups is 1. The van der Waals surface area contributed by atoms with Gasteiger partial charge in [0.15, 0.2) is 0 Å². The highest BCUT2D eigenvalue weighted by Gasteiger charge is 2.10. The van der Waals surface area contributed by atoms with E-state index in [-0.39, 0.29) is 5.91 Å². The van der Waals surface area contributed by atoms with E-state index >= 15 is 0 Å². The first-order valence-electron chi connectivity index (χ1n) is 5.98. The molecule has 0 radical (unpaired) electrons. The molecule has 1 amide bonds. The normalized spacial score (nSPS) is 10.4. The molecule has 0 bridgehead atoms. The van der Waals surface area contributed by atoms with Crippen molar-refractivity contribution < 1.29 is 4.79 Å². The van der Waals surface area contributed by atoms with Gasteiger partial charge in [-0.05, 0) is 26.0 Å². The quantitative estimate of drug-likeness (QED) is 0.818. The molecule has 0 spiro atoms. The number of carbonyl (C=O) groups excluding carboxylic acids is 1. The molecule has 0 saturated heterocycles. The van der Waals surface area contributed by atoms with Gasteiger partial charge in [0.2, 0.25) is 5.91 Å². The van der Waals surface area contributed by atoms with Crippen LogP contribution in [0.4, 0.5) is 5.69 Å². The predicted octanol–water partition coefficient (Wildman–Crippen LogP) is 3.02. The van der Waals surface area contributed by atoms with Crippen LogP contribution in [-0.2, 0) is 10.5 Å². The van der Waals surface area contributed by atoms with Crippen LogP contribution in [0.25, 0.3) is 0 Å². The Bertz CT molecular complexity index is 388. The van der Waals surface area contributed by atoms with Gasteiger partial charge in [-0.2, -0.15) is 0 Å². The second-order valence-electron chi connectivity index (χ2n) is 3.87. The Labute approximate surface area is 118 Å². The summed E-state index contributed by atoms with van der Waals surface area (Å²) in [5, 5.41) is 0.665. The van der Waals surface area contributed by atoms with Gasteiger partial charge in [-0.1, -0.05) is 17.7 Å². The van der Waals surface area contributed by atoms with Crippen molar-refractivity contribution in [3.05, 3.63) is 28.8 Å². The third-order valence-corrected chi connectivity index (χ3v) is 4.04. The van der Waals surface area contributed by atoms with Gasteiger partial charge in [-0.25, -0.2) is 0 Å². The van der Waals surface area contributed by atoms with Gasteiger partial charge in [0.25, 0.3) is 0 Å². The van der Waals surface area contributed by atoms with Crippen LogP contribution in [0.15, 0.2) is 18.2 Å². The molecule has 0 fully saturated rings. The predicted molar refractivity (Wildman–Crippen MR) is 80.0 cm³/mol. The van der Waals surface area contributed by atoms with E-state index in [0.717, 1.165) is 18.7 Å². The molecule has 0 aliphatic carbocycles. The van der Waals surface area contributed by atoms with Crippen LogP contribution in [-0.4, -0.2) is 29.6 Å². The lowest BCUT2D eigenvalue weighted by molar-refractivity contribution is -0.127. The molecule has 0 aliphatic heterocycles. The SMILES string of the molecule is CCN(CC)C(=O)CSCc1c(N)cccc1Cl. The zero-order valence-corrected chi connectivity index (χ0v) is 12.4. The first-order chi connectivity index (χ1) is 8.60. The first-order valence-corrected chi connectivity index (χ1v) is 7.51. The summed E-state index contributed by atoms with van der Waals surface area (Å²) in [5.74, 6) is 1.29. The number of hydrogen-bond donors (Lipinski definition) is 1. The van der Waals surface area contributed by atoms with Crippen LogP contribution in [0.3, 0.4) is 0 Å². The van der Waals surface area contributed by atoms with Gasteiger partial charge in [0.1, 0.15) is 0 Å². The number of thioether (sulfide) groups is 1. The Morgan fingerprint density at radius 3 is 2.61 bits per heavy atom. The van der Waals surface area contributed by atoms with Gasteiger partial charge in [0.05, 0.1) is 5.75 Å². The highest BCUT2D eigenvalue weighted by atomic mass is 35.5. The summed E-state index contributed by atoms with van der Waals surface area (Å²) in [6, 6.07) is 5.47. The highest BCUT2D eigenvalue weighted by molar-refractivity contribution is 7.99. The Balaban J connectivity index is 2.49. The van der Waals surface area contributed by atoms with E-state index in [1.165, 1.54) is 0 Å². The molecule has 3 nitrogen and oxygen atoms in total. The smallest absolute Gasteiger partial charge is 0.232 e. The third kappa shape index (κ3) is 4.10. The Morgan fingerprint density at radius 1 is 1.39 bits per heavy atom. The van der Waals surface area contributed by atoms with E-state index < -0.39 is 0 Å². The van der Waals surface area contributed by atoms with Crippen molar-refractivity contribution in [1.29, 1.82) is 0 Å². The van der Waals surface area contributed by atoms with E-state index in [1.807, 2.05) is 36.9 Å². The second kappa shape index (κ2) is 7.54. The van der Waals surface area contributed by atoms with Crippen molar-refractivity contribution in [1.82, 2.24) is 4.90 Å². The van der Waals surface area contributed by atoms with Crippen molar-refractivity contribution in [2.45, 2.75) is 19.6 Å². The molecule has 0 saturated carbocycles. The van der Waals surface area contributed by atoms with Crippen molar-refractivity contribution in [3.63, 3.8) is 0 Å². The summed E-state index contributed by atoms with van der Waals surface area (Å²) in [4.78, 5) is 13.6. The molecule has 0 aromatic heterocycles. The van der Waals surface area contributed by atoms with Crippen LogP contribution in [0.5, 0.6) is 0 Å². The molecule has 2 N–H and O–H groups in total. The number of benzene rings is 1. The number of nitrogens with two attached hydrogens (primary N) is 1. The fraction of sp³-hybridized carbons (Fsp3) is 0.462. The maximum atomic E-state index is 11.8. The van der Waals surface area contributed by atoms with Crippen molar-refractivity contribution in [2.24, 2.45) is 0 Å². The molecule has 0 heterocycles. The van der Waals surface area contributed by atoms with Crippen LogP contribution >= 0.6 is 23.4 Å². The number of rotatable bonds is 6. The average molecular weight is 287 g/mol. The molecule has 1 aromatic rings. The number of nitrogens with zero attached hydrogens (tertiary/aromatic N) is 1. The van der Waals surface area contributed by atoms with E-state index in [9.17, 15) is 4.79 Å². The van der Waals surface area contributed by atoms with Crippen LogP contribution < -0.4 is 5.73 Å². The summed E-state index contributed by atoms with van der Waals surface area (Å²) in [5.41, 5.74) is 7.46. The van der Waals surface area contributed by atoms with E-state index in [1.54, 1.807) is 11.8 Å². The minimum atomic E-state index is 0.163. The zero-order chi connectivity index (χ0) is 13.5. The standard InChI is InChI=1S/C13H19ClN2OS/c1-3-16(4-2)13(17)9-18-8-10-11(14)6-5-7-12(10)15/h5-7H,3-4,8-9,15H2,1-2H3. The maximum Gasteiger partial charge on any atom is 0.232 e. The zero-order valence-electron chi connectivity index (χ0n) is 10.8. The topological polar surface area (TPSA) is 46.3 Å². The molecule has 18 heavy (non-hydrogen) atoms. The van der Waals surface area contributed by atoms with Crippen molar-refractivity contribution in [3.8, 4) is 0 Å². The van der Waals surface area contributed by atoms with Gasteiger partial charge in [-0.15, -0.1) is 11.8 Å². The molecule has 1 rings (SSSR count). The second-order valence-corrected chi connectivity index (χ2v) is 5.26. The summed E-state index contributed by atoms with van der Waals surface area (Å²) in [7, 11) is 0. The summed E-state index contributed by atoms with van der Waals surface area (Å²) in [6.07, 6.45) is 0. The fourth-order valence-corrected chi connectivity index (χ4v) is 2.95. The van der Waals surface area contributed by atoms with E-state index in [2.05, 4.69) is 0 Å². The van der Waals surface area contributed by atoms with Gasteiger partial charge in [-0.3, -0.25) is 4.79 Å². The Morgan fingerprint density at radius 2 is 2.06 bits per heavy atom. The fourth-order valence-electron chi connectivity index (χ4n) is 1.64. The monoisotopic (exact) mass is 286 g/mol. The molecule has 100 valence electrons. The molecule has 1 aromatic carbocycles. The molecule has 5 heteroatoms. The van der Waals surface area contributed by atoms with Gasteiger partial charge < -0.3 is 10.6 Å². The number of hydrogen-bond acceptors (Lipinski definition) is 3. The lowest BCUT2D eigenvalue weighted by Crippen LogP contribution is -2.31. The lowest BCUT2D eigenvalue weighted by Gasteiger charge is -2.18. The Hall–Kier alpha value is -0.870. The minimum Gasteiger partial charge on any atom is -0.398 e. The van der Waals surface area contributed by atoms with Gasteiger partial charge in [0, 0.05) is 35.1 Å². The van der Waals surface area contributed by atoms with E-state index in [4.69, 9.17) is 17.3 Å². The summed E-state index contributed by atoms with van der Waals surface area (Å²) in [6.45, 7) is 5.48. The molecular weight excluding hydrogens is 268 g/mol. The largest absolute Gasteiger partial charge is 0.398 e. The lowest BCUT2D eigenvalue weighted by atomic mass is 10.2. The number of nitrogen functional groups attached to an aromatic ring is 1. The summed E-state index contributed by atoms with van der Waals surface area (Å²) < 4.78 is 0. The molecule has 0 atom stereocenters. The van der Waals surface area contributed by atoms with E-state index in [0.29, 0.717) is 22.2 Å². The maximum absolute atomic E-state index is 11.8. The number of halogens is 1. The van der Waals surface area contributed by atoms with Crippen LogP contribution in [0.2, 0.25) is 5.02 Å². The number of amides is 1. The minimum absolute atomic E-state index is 0.163. The van der Waals surface area contributed by atoms with Crippen molar-refractivity contribution >= 4 is 35.0 Å². The van der Waals surface area contributed by atoms with Crippen molar-refractivity contribution in [2.75, 3.05) is 24.6 Å². The van der Waals surface area contributed by atoms with Gasteiger partial charge >= 0.3 is 0 Å². The molecular formula is C13H19ClN2OS. The Kier molecular flexibility index (Phi) is 6.36. The highest BCUT2D eigenvalue weighted by Crippen LogP contribution is 2.26. The average Bonchev–Trinajstić information content (AvgIpc) is 2.34.